The first-order valence-electron chi connectivity index (χ1n) is 3.09. The molecule has 0 saturated heterocycles. The summed E-state index contributed by atoms with van der Waals surface area (Å²) in [5, 5.41) is 43.2. The molecule has 6 heteroatoms. The van der Waals surface area contributed by atoms with Gasteiger partial charge in [-0.3, -0.25) is 0 Å². The van der Waals surface area contributed by atoms with E-state index < -0.39 is 31.1 Å². The summed E-state index contributed by atoms with van der Waals surface area (Å²) in [5.74, 6) is 0. The van der Waals surface area contributed by atoms with Crippen molar-refractivity contribution in [3.63, 3.8) is 0 Å². The topological polar surface area (TPSA) is 127 Å². The summed E-state index contributed by atoms with van der Waals surface area (Å²) in [6.07, 6.45) is -6.42. The van der Waals surface area contributed by atoms with Crippen LogP contribution in [0.1, 0.15) is 0 Å². The second-order valence-electron chi connectivity index (χ2n) is 2.22. The minimum atomic E-state index is -1.66. The largest absolute Gasteiger partial charge is 0.394 e. The predicted molar refractivity (Wildman–Crippen MR) is 35.3 cm³/mol. The zero-order valence-electron chi connectivity index (χ0n) is 5.83. The third-order valence-corrected chi connectivity index (χ3v) is 1.28. The number of aliphatic hydroxyl groups excluding tert-OH is 5. The molecule has 6 nitrogen and oxygen atoms in total. The lowest BCUT2D eigenvalue weighted by Crippen LogP contribution is -2.49. The van der Waals surface area contributed by atoms with Gasteiger partial charge >= 0.3 is 0 Å². The smallest absolute Gasteiger partial charge is 0.131 e. The number of aliphatic hydroxyl groups is 5. The van der Waals surface area contributed by atoms with Crippen molar-refractivity contribution in [2.45, 2.75) is 24.5 Å². The summed E-state index contributed by atoms with van der Waals surface area (Å²) < 4.78 is 0. The molecule has 11 heavy (non-hydrogen) atoms. The van der Waals surface area contributed by atoms with E-state index in [1.54, 1.807) is 0 Å². The second kappa shape index (κ2) is 4.60. The summed E-state index contributed by atoms with van der Waals surface area (Å²) in [4.78, 5) is 0. The molecule has 0 aromatic carbocycles. The average molecular weight is 167 g/mol. The minimum Gasteiger partial charge on any atom is -0.394 e. The van der Waals surface area contributed by atoms with Crippen molar-refractivity contribution in [1.29, 1.82) is 0 Å². The van der Waals surface area contributed by atoms with Crippen molar-refractivity contribution in [3.05, 3.63) is 0 Å². The van der Waals surface area contributed by atoms with Gasteiger partial charge in [0.05, 0.1) is 6.61 Å². The maximum Gasteiger partial charge on any atom is 0.131 e. The summed E-state index contributed by atoms with van der Waals surface area (Å²) >= 11 is 0. The van der Waals surface area contributed by atoms with Crippen molar-refractivity contribution in [3.8, 4) is 0 Å². The van der Waals surface area contributed by atoms with Crippen molar-refractivity contribution >= 4 is 0 Å². The van der Waals surface area contributed by atoms with Crippen molar-refractivity contribution < 1.29 is 25.5 Å². The number of rotatable bonds is 4. The van der Waals surface area contributed by atoms with Crippen molar-refractivity contribution in [1.82, 2.24) is 0 Å². The molecule has 0 aliphatic carbocycles. The molecule has 0 radical (unpaired) electrons. The fourth-order valence-corrected chi connectivity index (χ4v) is 0.538. The fraction of sp³-hybridized carbons (Fsp3) is 1.00. The molecule has 0 heterocycles. The highest BCUT2D eigenvalue weighted by Gasteiger charge is 2.27. The van der Waals surface area contributed by atoms with E-state index in [4.69, 9.17) is 31.3 Å². The highest BCUT2D eigenvalue weighted by atomic mass is 16.4. The Labute approximate surface area is 63.5 Å². The van der Waals surface area contributed by atoms with E-state index in [1.165, 1.54) is 0 Å². The van der Waals surface area contributed by atoms with Crippen LogP contribution in [0.25, 0.3) is 0 Å². The molecule has 0 aliphatic rings. The first-order chi connectivity index (χ1) is 5.00. The Kier molecular flexibility index (Phi) is 4.50. The van der Waals surface area contributed by atoms with Gasteiger partial charge in [0.15, 0.2) is 0 Å². The first kappa shape index (κ1) is 10.8. The van der Waals surface area contributed by atoms with Gasteiger partial charge in [-0.05, 0) is 0 Å². The first-order valence-corrected chi connectivity index (χ1v) is 3.09. The van der Waals surface area contributed by atoms with Gasteiger partial charge < -0.3 is 31.3 Å². The molecule has 0 saturated carbocycles. The molecular weight excluding hydrogens is 154 g/mol. The molecular formula is C5H13NO5. The third kappa shape index (κ3) is 3.10. The number of nitrogens with two attached hydrogens (primary N) is 1. The zero-order valence-corrected chi connectivity index (χ0v) is 5.83. The highest BCUT2D eigenvalue weighted by Crippen LogP contribution is 2.00. The molecule has 0 aliphatic heterocycles. The molecule has 68 valence electrons. The Balaban J connectivity index is 3.90. The Morgan fingerprint density at radius 2 is 1.45 bits per heavy atom. The Hall–Kier alpha value is -0.240. The van der Waals surface area contributed by atoms with E-state index in [0.29, 0.717) is 0 Å². The van der Waals surface area contributed by atoms with Gasteiger partial charge in [-0.2, -0.15) is 0 Å². The van der Waals surface area contributed by atoms with Crippen molar-refractivity contribution in [2.24, 2.45) is 5.73 Å². The van der Waals surface area contributed by atoms with E-state index >= 15 is 0 Å². The second-order valence-corrected chi connectivity index (χ2v) is 2.22. The van der Waals surface area contributed by atoms with E-state index in [1.807, 2.05) is 0 Å². The van der Waals surface area contributed by atoms with E-state index in [-0.39, 0.29) is 0 Å². The SMILES string of the molecule is NC(O)[C@H](O)[C@@H](O)[C@H](O)CO. The van der Waals surface area contributed by atoms with Gasteiger partial charge in [-0.15, -0.1) is 0 Å². The van der Waals surface area contributed by atoms with Gasteiger partial charge in [-0.1, -0.05) is 0 Å². The van der Waals surface area contributed by atoms with Crippen LogP contribution in [0.5, 0.6) is 0 Å². The standard InChI is InChI=1S/C5H13NO5/c6-5(11)4(10)3(9)2(8)1-7/h2-5,7-11H,1,6H2/t2-,3+,4-,5?/m1/s1. The minimum absolute atomic E-state index is 0.703. The monoisotopic (exact) mass is 167 g/mol. The lowest BCUT2D eigenvalue weighted by molar-refractivity contribution is -0.113. The van der Waals surface area contributed by atoms with Crippen LogP contribution in [0.4, 0.5) is 0 Å². The van der Waals surface area contributed by atoms with Gasteiger partial charge in [0.1, 0.15) is 24.5 Å². The third-order valence-electron chi connectivity index (χ3n) is 1.28. The molecule has 1 unspecified atom stereocenters. The van der Waals surface area contributed by atoms with Crippen LogP contribution in [0, 0.1) is 0 Å². The Morgan fingerprint density at radius 1 is 1.00 bits per heavy atom. The van der Waals surface area contributed by atoms with Crippen LogP contribution in [0.15, 0.2) is 0 Å². The summed E-state index contributed by atoms with van der Waals surface area (Å²) in [6, 6.07) is 0. The van der Waals surface area contributed by atoms with Crippen LogP contribution < -0.4 is 5.73 Å². The highest BCUT2D eigenvalue weighted by molar-refractivity contribution is 4.77. The van der Waals surface area contributed by atoms with Crippen LogP contribution in [0.3, 0.4) is 0 Å². The zero-order chi connectivity index (χ0) is 9.02. The summed E-state index contributed by atoms with van der Waals surface area (Å²) in [5.41, 5.74) is 4.78. The van der Waals surface area contributed by atoms with Gasteiger partial charge in [0.2, 0.25) is 0 Å². The van der Waals surface area contributed by atoms with Crippen LogP contribution in [-0.2, 0) is 0 Å². The maximum absolute atomic E-state index is 8.86. The molecule has 0 rings (SSSR count). The van der Waals surface area contributed by atoms with Crippen LogP contribution in [-0.4, -0.2) is 56.7 Å². The van der Waals surface area contributed by atoms with Gasteiger partial charge in [0, 0.05) is 0 Å². The maximum atomic E-state index is 8.86. The lowest BCUT2D eigenvalue weighted by Gasteiger charge is -2.22. The van der Waals surface area contributed by atoms with E-state index in [2.05, 4.69) is 0 Å². The van der Waals surface area contributed by atoms with Crippen LogP contribution in [0.2, 0.25) is 0 Å². The predicted octanol–water partition coefficient (Wildman–Crippen LogP) is -3.66. The molecule has 0 bridgehead atoms. The number of hydrogen-bond donors (Lipinski definition) is 6. The Bertz CT molecular complexity index is 109. The Morgan fingerprint density at radius 3 is 1.73 bits per heavy atom. The molecule has 7 N–H and O–H groups in total. The van der Waals surface area contributed by atoms with Gasteiger partial charge in [0.25, 0.3) is 0 Å². The number of hydrogen-bond acceptors (Lipinski definition) is 6. The molecule has 4 atom stereocenters. The molecule has 0 aromatic heterocycles. The molecule has 0 fully saturated rings. The lowest BCUT2D eigenvalue weighted by atomic mass is 10.1. The molecule has 0 amide bonds. The van der Waals surface area contributed by atoms with Crippen molar-refractivity contribution in [2.75, 3.05) is 6.61 Å². The fourth-order valence-electron chi connectivity index (χ4n) is 0.538. The van der Waals surface area contributed by atoms with Gasteiger partial charge in [-0.25, -0.2) is 0 Å². The van der Waals surface area contributed by atoms with Crippen LogP contribution >= 0.6 is 0 Å². The molecule has 0 aromatic rings. The normalized spacial score (nSPS) is 22.4. The van der Waals surface area contributed by atoms with E-state index in [9.17, 15) is 0 Å². The van der Waals surface area contributed by atoms with E-state index in [0.717, 1.165) is 0 Å². The molecule has 0 spiro atoms. The quantitative estimate of drug-likeness (QED) is 0.239. The summed E-state index contributed by atoms with van der Waals surface area (Å²) in [6.45, 7) is -0.703. The average Bonchev–Trinajstić information content (AvgIpc) is 2.00. The summed E-state index contributed by atoms with van der Waals surface area (Å²) in [7, 11) is 0.